The summed E-state index contributed by atoms with van der Waals surface area (Å²) in [6, 6.07) is 24.7. The van der Waals surface area contributed by atoms with Crippen molar-refractivity contribution in [2.24, 2.45) is 11.8 Å². The molecule has 3 aromatic carbocycles. The standard InChI is InChI=1S/C26H23NO3/c1-17-12-13-19-15-21-23(26(30,22(19)14-17)20-10-6-3-7-11-20)25(29)27(24(21)28)16-18-8-4-2-5-9-18/h2-14,21,23,30H,15-16H2,1H3. The van der Waals surface area contributed by atoms with Crippen molar-refractivity contribution < 1.29 is 14.7 Å². The Labute approximate surface area is 175 Å². The summed E-state index contributed by atoms with van der Waals surface area (Å²) in [5.74, 6) is -1.89. The number of imide groups is 1. The normalized spacial score (nSPS) is 25.2. The molecule has 4 heteroatoms. The minimum absolute atomic E-state index is 0.200. The highest BCUT2D eigenvalue weighted by molar-refractivity contribution is 6.06. The Morgan fingerprint density at radius 3 is 2.30 bits per heavy atom. The van der Waals surface area contributed by atoms with Crippen molar-refractivity contribution in [3.63, 3.8) is 0 Å². The fourth-order valence-corrected chi connectivity index (χ4v) is 5.04. The Hall–Kier alpha value is -3.24. The van der Waals surface area contributed by atoms with Gasteiger partial charge in [-0.1, -0.05) is 84.4 Å². The largest absolute Gasteiger partial charge is 0.380 e. The van der Waals surface area contributed by atoms with Crippen molar-refractivity contribution in [3.8, 4) is 0 Å². The molecule has 0 bridgehead atoms. The van der Waals surface area contributed by atoms with E-state index in [4.69, 9.17) is 0 Å². The highest BCUT2D eigenvalue weighted by Crippen LogP contribution is 2.51. The summed E-state index contributed by atoms with van der Waals surface area (Å²) in [5, 5.41) is 12.2. The lowest BCUT2D eigenvalue weighted by Crippen LogP contribution is -2.47. The number of carbonyl (C=O) groups is 2. The number of rotatable bonds is 3. The summed E-state index contributed by atoms with van der Waals surface area (Å²) in [4.78, 5) is 28.3. The number of fused-ring (bicyclic) bond motifs is 2. The van der Waals surface area contributed by atoms with Gasteiger partial charge in [0.1, 0.15) is 5.60 Å². The van der Waals surface area contributed by atoms with Crippen molar-refractivity contribution in [1.29, 1.82) is 0 Å². The lowest BCUT2D eigenvalue weighted by molar-refractivity contribution is -0.142. The molecule has 1 aliphatic heterocycles. The molecule has 2 aliphatic rings. The van der Waals surface area contributed by atoms with E-state index in [0.29, 0.717) is 12.0 Å². The number of nitrogens with zero attached hydrogens (tertiary/aromatic N) is 1. The second-order valence-electron chi connectivity index (χ2n) is 8.33. The lowest BCUT2D eigenvalue weighted by Gasteiger charge is -2.41. The van der Waals surface area contributed by atoms with Crippen LogP contribution in [0.15, 0.2) is 78.9 Å². The van der Waals surface area contributed by atoms with Crippen molar-refractivity contribution >= 4 is 11.8 Å². The third kappa shape index (κ3) is 2.71. The van der Waals surface area contributed by atoms with Crippen molar-refractivity contribution in [2.75, 3.05) is 0 Å². The van der Waals surface area contributed by atoms with Crippen LogP contribution in [-0.2, 0) is 28.2 Å². The Balaban J connectivity index is 1.65. The van der Waals surface area contributed by atoms with E-state index < -0.39 is 17.4 Å². The van der Waals surface area contributed by atoms with Crippen molar-refractivity contribution in [3.05, 3.63) is 107 Å². The van der Waals surface area contributed by atoms with Gasteiger partial charge in [0.25, 0.3) is 0 Å². The molecule has 30 heavy (non-hydrogen) atoms. The third-order valence-electron chi connectivity index (χ3n) is 6.48. The van der Waals surface area contributed by atoms with Crippen LogP contribution in [0.1, 0.15) is 27.8 Å². The maximum atomic E-state index is 13.6. The molecule has 3 unspecified atom stereocenters. The first-order chi connectivity index (χ1) is 14.5. The first-order valence-corrected chi connectivity index (χ1v) is 10.3. The smallest absolute Gasteiger partial charge is 0.237 e. The fourth-order valence-electron chi connectivity index (χ4n) is 5.04. The zero-order valence-corrected chi connectivity index (χ0v) is 16.8. The third-order valence-corrected chi connectivity index (χ3v) is 6.48. The number of aliphatic hydroxyl groups is 1. The van der Waals surface area contributed by atoms with Crippen LogP contribution < -0.4 is 0 Å². The molecular weight excluding hydrogens is 374 g/mol. The maximum Gasteiger partial charge on any atom is 0.237 e. The van der Waals surface area contributed by atoms with Crippen molar-refractivity contribution in [2.45, 2.75) is 25.5 Å². The molecule has 3 atom stereocenters. The van der Waals surface area contributed by atoms with Crippen LogP contribution >= 0.6 is 0 Å². The lowest BCUT2D eigenvalue weighted by atomic mass is 9.64. The number of amides is 2. The summed E-state index contributed by atoms with van der Waals surface area (Å²) in [7, 11) is 0. The van der Waals surface area contributed by atoms with E-state index in [1.165, 1.54) is 4.90 Å². The van der Waals surface area contributed by atoms with Gasteiger partial charge >= 0.3 is 0 Å². The molecule has 0 saturated carbocycles. The number of likely N-dealkylation sites (tertiary alicyclic amines) is 1. The average molecular weight is 397 g/mol. The molecule has 1 fully saturated rings. The SMILES string of the molecule is Cc1ccc2c(c1)C(O)(c1ccccc1)C1C(=O)N(Cc3ccccc3)C(=O)C1C2. The van der Waals surface area contributed by atoms with Crippen LogP contribution in [0, 0.1) is 18.8 Å². The Morgan fingerprint density at radius 2 is 1.60 bits per heavy atom. The van der Waals surface area contributed by atoms with Gasteiger partial charge in [0, 0.05) is 0 Å². The van der Waals surface area contributed by atoms with Crippen LogP contribution in [0.25, 0.3) is 0 Å². The second kappa shape index (κ2) is 6.92. The van der Waals surface area contributed by atoms with E-state index in [1.54, 1.807) is 0 Å². The molecule has 3 aromatic rings. The summed E-state index contributed by atoms with van der Waals surface area (Å²) in [6.07, 6.45) is 0.464. The van der Waals surface area contributed by atoms with E-state index in [2.05, 4.69) is 0 Å². The molecule has 5 rings (SSSR count). The van der Waals surface area contributed by atoms with Crippen molar-refractivity contribution in [1.82, 2.24) is 4.90 Å². The predicted octanol–water partition coefficient (Wildman–Crippen LogP) is 3.59. The van der Waals surface area contributed by atoms with E-state index in [9.17, 15) is 14.7 Å². The Kier molecular flexibility index (Phi) is 4.33. The molecular formula is C26H23NO3. The molecule has 0 radical (unpaired) electrons. The maximum absolute atomic E-state index is 13.6. The first kappa shape index (κ1) is 18.8. The summed E-state index contributed by atoms with van der Waals surface area (Å²) in [5.41, 5.74) is 2.68. The van der Waals surface area contributed by atoms with E-state index in [-0.39, 0.29) is 18.4 Å². The van der Waals surface area contributed by atoms with Crippen LogP contribution in [-0.4, -0.2) is 21.8 Å². The minimum Gasteiger partial charge on any atom is -0.380 e. The zero-order valence-electron chi connectivity index (χ0n) is 16.8. The van der Waals surface area contributed by atoms with Gasteiger partial charge in [-0.2, -0.15) is 0 Å². The quantitative estimate of drug-likeness (QED) is 0.687. The zero-order chi connectivity index (χ0) is 20.9. The van der Waals surface area contributed by atoms with Gasteiger partial charge < -0.3 is 5.11 Å². The van der Waals surface area contributed by atoms with Crippen LogP contribution in [0.4, 0.5) is 0 Å². The monoisotopic (exact) mass is 397 g/mol. The molecule has 4 nitrogen and oxygen atoms in total. The molecule has 1 aliphatic carbocycles. The topological polar surface area (TPSA) is 57.6 Å². The van der Waals surface area contributed by atoms with Gasteiger partial charge in [-0.25, -0.2) is 0 Å². The summed E-state index contributed by atoms with van der Waals surface area (Å²) in [6.45, 7) is 2.20. The van der Waals surface area contributed by atoms with Gasteiger partial charge in [0.15, 0.2) is 0 Å². The molecule has 0 spiro atoms. The molecule has 1 saturated heterocycles. The van der Waals surface area contributed by atoms with Gasteiger partial charge in [0.05, 0.1) is 18.4 Å². The predicted molar refractivity (Wildman–Crippen MR) is 113 cm³/mol. The summed E-state index contributed by atoms with van der Waals surface area (Å²) < 4.78 is 0. The highest BCUT2D eigenvalue weighted by Gasteiger charge is 2.60. The van der Waals surface area contributed by atoms with Gasteiger partial charge in [0.2, 0.25) is 11.8 Å². The summed E-state index contributed by atoms with van der Waals surface area (Å²) >= 11 is 0. The average Bonchev–Trinajstić information content (AvgIpc) is 3.01. The Bertz CT molecular complexity index is 1130. The minimum atomic E-state index is -1.54. The number of benzene rings is 3. The second-order valence-corrected chi connectivity index (χ2v) is 8.33. The number of hydrogen-bond donors (Lipinski definition) is 1. The van der Waals surface area contributed by atoms with E-state index >= 15 is 0 Å². The van der Waals surface area contributed by atoms with Gasteiger partial charge in [-0.3, -0.25) is 14.5 Å². The fraction of sp³-hybridized carbons (Fsp3) is 0.231. The first-order valence-electron chi connectivity index (χ1n) is 10.3. The molecule has 0 aromatic heterocycles. The van der Waals surface area contributed by atoms with E-state index in [1.807, 2.05) is 85.8 Å². The van der Waals surface area contributed by atoms with Gasteiger partial charge in [-0.05, 0) is 35.6 Å². The molecule has 150 valence electrons. The van der Waals surface area contributed by atoms with E-state index in [0.717, 1.165) is 22.3 Å². The Morgan fingerprint density at radius 1 is 0.933 bits per heavy atom. The molecule has 2 amide bonds. The highest BCUT2D eigenvalue weighted by atomic mass is 16.3. The number of hydrogen-bond acceptors (Lipinski definition) is 3. The number of aryl methyl sites for hydroxylation is 1. The number of carbonyl (C=O) groups excluding carboxylic acids is 2. The molecule has 1 heterocycles. The van der Waals surface area contributed by atoms with Crippen LogP contribution in [0.3, 0.4) is 0 Å². The molecule has 1 N–H and O–H groups in total. The van der Waals surface area contributed by atoms with Gasteiger partial charge in [-0.15, -0.1) is 0 Å². The van der Waals surface area contributed by atoms with Crippen LogP contribution in [0.5, 0.6) is 0 Å². The van der Waals surface area contributed by atoms with Crippen LogP contribution in [0.2, 0.25) is 0 Å².